The summed E-state index contributed by atoms with van der Waals surface area (Å²) in [4.78, 5) is 16.4. The van der Waals surface area contributed by atoms with Gasteiger partial charge in [0.25, 0.3) is 0 Å². The first kappa shape index (κ1) is 23.3. The van der Waals surface area contributed by atoms with E-state index in [0.29, 0.717) is 12.4 Å². The average Bonchev–Trinajstić information content (AvgIpc) is 3.19. The summed E-state index contributed by atoms with van der Waals surface area (Å²) in [5, 5.41) is 5.67. The van der Waals surface area contributed by atoms with Gasteiger partial charge >= 0.3 is 6.18 Å². The number of halogens is 3. The molecule has 3 rings (SSSR count). The Morgan fingerprint density at radius 2 is 1.72 bits per heavy atom. The van der Waals surface area contributed by atoms with Gasteiger partial charge in [0.05, 0.1) is 10.7 Å². The Morgan fingerprint density at radius 1 is 1.06 bits per heavy atom. The van der Waals surface area contributed by atoms with Gasteiger partial charge in [-0.25, -0.2) is 4.98 Å². The molecule has 5 nitrogen and oxygen atoms in total. The lowest BCUT2D eigenvalue weighted by Gasteiger charge is -2.09. The number of benzene rings is 2. The van der Waals surface area contributed by atoms with Crippen molar-refractivity contribution in [2.45, 2.75) is 26.3 Å². The van der Waals surface area contributed by atoms with Crippen LogP contribution in [0.15, 0.2) is 60.0 Å². The summed E-state index contributed by atoms with van der Waals surface area (Å²) in [6, 6.07) is 13.4. The summed E-state index contributed by atoms with van der Waals surface area (Å²) in [7, 11) is 0. The molecular formula is C23H21F3N2O3S. The number of aromatic nitrogens is 1. The maximum absolute atomic E-state index is 12.2. The van der Waals surface area contributed by atoms with Gasteiger partial charge < -0.3 is 14.8 Å². The monoisotopic (exact) mass is 462 g/mol. The number of nitrogens with zero attached hydrogens (tertiary/aromatic N) is 1. The van der Waals surface area contributed by atoms with Gasteiger partial charge in [-0.05, 0) is 48.4 Å². The minimum absolute atomic E-state index is 0.117. The van der Waals surface area contributed by atoms with Crippen molar-refractivity contribution < 1.29 is 27.4 Å². The molecular weight excluding hydrogens is 441 g/mol. The Kier molecular flexibility index (Phi) is 7.88. The largest absolute Gasteiger partial charge is 0.487 e. The molecule has 0 saturated carbocycles. The van der Waals surface area contributed by atoms with Crippen LogP contribution in [-0.2, 0) is 17.9 Å². The fraction of sp³-hybridized carbons (Fsp3) is 0.217. The Balaban J connectivity index is 1.41. The second-order valence-electron chi connectivity index (χ2n) is 6.81. The zero-order valence-electron chi connectivity index (χ0n) is 17.2. The number of thiazole rings is 1. The number of aryl methyl sites for hydroxylation is 1. The molecule has 0 spiro atoms. The first-order valence-corrected chi connectivity index (χ1v) is 10.5. The first-order chi connectivity index (χ1) is 15.3. The fourth-order valence-electron chi connectivity index (χ4n) is 2.60. The predicted molar refractivity (Wildman–Crippen MR) is 116 cm³/mol. The van der Waals surface area contributed by atoms with Crippen LogP contribution in [0, 0.1) is 6.92 Å². The highest BCUT2D eigenvalue weighted by molar-refractivity contribution is 7.09. The zero-order chi connectivity index (χ0) is 23.0. The van der Waals surface area contributed by atoms with Crippen molar-refractivity contribution in [2.24, 2.45) is 0 Å². The molecule has 0 aliphatic rings. The highest BCUT2D eigenvalue weighted by Crippen LogP contribution is 2.19. The van der Waals surface area contributed by atoms with Crippen molar-refractivity contribution in [3.8, 4) is 11.5 Å². The lowest BCUT2D eigenvalue weighted by Crippen LogP contribution is -2.20. The average molecular weight is 462 g/mol. The molecule has 3 aromatic rings. The molecule has 168 valence electrons. The van der Waals surface area contributed by atoms with Crippen molar-refractivity contribution >= 4 is 23.3 Å². The topological polar surface area (TPSA) is 60.5 Å². The van der Waals surface area contributed by atoms with E-state index in [1.165, 1.54) is 18.2 Å². The second-order valence-corrected chi connectivity index (χ2v) is 7.88. The van der Waals surface area contributed by atoms with Crippen LogP contribution in [0.5, 0.6) is 11.5 Å². The van der Waals surface area contributed by atoms with Gasteiger partial charge in [-0.1, -0.05) is 24.3 Å². The van der Waals surface area contributed by atoms with Crippen LogP contribution in [0.25, 0.3) is 6.08 Å². The molecule has 0 saturated heterocycles. The second kappa shape index (κ2) is 10.8. The van der Waals surface area contributed by atoms with E-state index in [1.54, 1.807) is 29.5 Å². The predicted octanol–water partition coefficient (Wildman–Crippen LogP) is 5.30. The van der Waals surface area contributed by atoms with E-state index in [2.05, 4.69) is 15.0 Å². The number of carbonyl (C=O) groups is 1. The van der Waals surface area contributed by atoms with Crippen molar-refractivity contribution in [1.82, 2.24) is 10.3 Å². The number of ether oxygens (including phenoxy) is 2. The Morgan fingerprint density at radius 3 is 2.34 bits per heavy atom. The highest BCUT2D eigenvalue weighted by Gasteiger charge is 2.28. The fourth-order valence-corrected chi connectivity index (χ4v) is 3.19. The van der Waals surface area contributed by atoms with Gasteiger partial charge in [0.1, 0.15) is 18.1 Å². The van der Waals surface area contributed by atoms with Gasteiger partial charge in [-0.2, -0.15) is 13.2 Å². The van der Waals surface area contributed by atoms with Gasteiger partial charge in [0, 0.05) is 18.0 Å². The highest BCUT2D eigenvalue weighted by atomic mass is 32.1. The van der Waals surface area contributed by atoms with Crippen LogP contribution < -0.4 is 14.8 Å². The van der Waals surface area contributed by atoms with Gasteiger partial charge in [-0.3, -0.25) is 4.79 Å². The molecule has 0 aliphatic carbocycles. The minimum Gasteiger partial charge on any atom is -0.487 e. The SMILES string of the molecule is Cc1nc(COc2ccc(/C=C/C(=O)NCc3ccc(OCC(F)(F)F)cc3)cc2)cs1. The number of alkyl halides is 3. The molecule has 0 fully saturated rings. The Labute approximate surface area is 187 Å². The van der Waals surface area contributed by atoms with E-state index in [0.717, 1.165) is 21.8 Å². The maximum atomic E-state index is 12.2. The van der Waals surface area contributed by atoms with E-state index in [-0.39, 0.29) is 18.2 Å². The smallest absolute Gasteiger partial charge is 0.422 e. The van der Waals surface area contributed by atoms with Crippen LogP contribution in [-0.4, -0.2) is 23.7 Å². The molecule has 9 heteroatoms. The van der Waals surface area contributed by atoms with E-state index in [9.17, 15) is 18.0 Å². The quantitative estimate of drug-likeness (QED) is 0.439. The molecule has 0 bridgehead atoms. The third kappa shape index (κ3) is 8.07. The number of amides is 1. The summed E-state index contributed by atoms with van der Waals surface area (Å²) in [5.41, 5.74) is 2.46. The molecule has 1 N–H and O–H groups in total. The summed E-state index contributed by atoms with van der Waals surface area (Å²) in [5.74, 6) is 0.535. The number of hydrogen-bond donors (Lipinski definition) is 1. The van der Waals surface area contributed by atoms with Crippen molar-refractivity contribution in [2.75, 3.05) is 6.61 Å². The molecule has 32 heavy (non-hydrogen) atoms. The molecule has 1 aromatic heterocycles. The van der Waals surface area contributed by atoms with E-state index in [1.807, 2.05) is 36.6 Å². The van der Waals surface area contributed by atoms with Crippen LogP contribution in [0.4, 0.5) is 13.2 Å². The standard InChI is InChI=1S/C23H21F3N2O3S/c1-16-28-19(14-32-16)13-30-20-7-2-17(3-8-20)6-11-22(29)27-12-18-4-9-21(10-5-18)31-15-23(24,25)26/h2-11,14H,12-13,15H2,1H3,(H,27,29)/b11-6+. The van der Waals surface area contributed by atoms with E-state index in [4.69, 9.17) is 4.74 Å². The molecule has 0 atom stereocenters. The first-order valence-electron chi connectivity index (χ1n) is 9.65. The minimum atomic E-state index is -4.38. The van der Waals surface area contributed by atoms with Crippen molar-refractivity contribution in [3.05, 3.63) is 81.8 Å². The molecule has 2 aromatic carbocycles. The van der Waals surface area contributed by atoms with Crippen LogP contribution in [0.3, 0.4) is 0 Å². The van der Waals surface area contributed by atoms with Gasteiger partial charge in [0.2, 0.25) is 5.91 Å². The number of nitrogens with one attached hydrogen (secondary N) is 1. The normalized spacial score (nSPS) is 11.5. The van der Waals surface area contributed by atoms with Crippen LogP contribution in [0.1, 0.15) is 21.8 Å². The van der Waals surface area contributed by atoms with E-state index >= 15 is 0 Å². The van der Waals surface area contributed by atoms with Crippen LogP contribution in [0.2, 0.25) is 0 Å². The lowest BCUT2D eigenvalue weighted by atomic mass is 10.2. The molecule has 0 unspecified atom stereocenters. The zero-order valence-corrected chi connectivity index (χ0v) is 18.0. The van der Waals surface area contributed by atoms with Gasteiger partial charge in [-0.15, -0.1) is 11.3 Å². The summed E-state index contributed by atoms with van der Waals surface area (Å²) < 4.78 is 46.8. The van der Waals surface area contributed by atoms with E-state index < -0.39 is 12.8 Å². The summed E-state index contributed by atoms with van der Waals surface area (Å²) >= 11 is 1.58. The molecule has 0 radical (unpaired) electrons. The third-order valence-corrected chi connectivity index (χ3v) is 4.98. The summed E-state index contributed by atoms with van der Waals surface area (Å²) in [6.07, 6.45) is -1.29. The Bertz CT molecular complexity index is 1050. The number of rotatable bonds is 9. The van der Waals surface area contributed by atoms with Crippen molar-refractivity contribution in [3.63, 3.8) is 0 Å². The Hall–Kier alpha value is -3.33. The molecule has 1 heterocycles. The maximum Gasteiger partial charge on any atom is 0.422 e. The molecule has 0 aliphatic heterocycles. The van der Waals surface area contributed by atoms with Crippen LogP contribution >= 0.6 is 11.3 Å². The molecule has 1 amide bonds. The number of hydrogen-bond acceptors (Lipinski definition) is 5. The summed E-state index contributed by atoms with van der Waals surface area (Å²) in [6.45, 7) is 1.24. The van der Waals surface area contributed by atoms with Gasteiger partial charge in [0.15, 0.2) is 6.61 Å². The number of carbonyl (C=O) groups excluding carboxylic acids is 1. The van der Waals surface area contributed by atoms with Crippen molar-refractivity contribution in [1.29, 1.82) is 0 Å². The third-order valence-electron chi connectivity index (χ3n) is 4.15. The lowest BCUT2D eigenvalue weighted by molar-refractivity contribution is -0.153.